The summed E-state index contributed by atoms with van der Waals surface area (Å²) in [5.74, 6) is 1.22. The number of likely N-dealkylation sites (tertiary alicyclic amines) is 1. The normalized spacial score (nSPS) is 17.1. The number of benzene rings is 2. The minimum Gasteiger partial charge on any atom is -0.497 e. The van der Waals surface area contributed by atoms with Crippen molar-refractivity contribution in [1.82, 2.24) is 4.90 Å². The molecule has 0 saturated carbocycles. The van der Waals surface area contributed by atoms with Crippen molar-refractivity contribution in [2.24, 2.45) is 5.92 Å². The Morgan fingerprint density at radius 3 is 2.07 bits per heavy atom. The first-order valence-corrected chi connectivity index (χ1v) is 18.7. The van der Waals surface area contributed by atoms with E-state index in [4.69, 9.17) is 33.2 Å². The molecule has 2 atom stereocenters. The molecule has 0 spiro atoms. The second-order valence-electron chi connectivity index (χ2n) is 13.2. The van der Waals surface area contributed by atoms with Crippen molar-refractivity contribution >= 4 is 20.1 Å². The molecule has 244 valence electrons. The van der Waals surface area contributed by atoms with Crippen LogP contribution in [0.5, 0.6) is 23.0 Å². The van der Waals surface area contributed by atoms with Crippen LogP contribution in [0.2, 0.25) is 25.7 Å². The Balaban J connectivity index is 1.86. The van der Waals surface area contributed by atoms with E-state index in [0.717, 1.165) is 17.2 Å². The van der Waals surface area contributed by atoms with Crippen LogP contribution in [0.25, 0.3) is 0 Å². The number of rotatable bonds is 13. The Bertz CT molecular complexity index is 1230. The Kier molecular flexibility index (Phi) is 12.4. The molecule has 1 aliphatic heterocycles. The van der Waals surface area contributed by atoms with Gasteiger partial charge in [0.1, 0.15) is 35.2 Å². The van der Waals surface area contributed by atoms with Crippen LogP contribution < -0.4 is 18.9 Å². The third kappa shape index (κ3) is 10.9. The van der Waals surface area contributed by atoms with Gasteiger partial charge >= 0.3 is 12.1 Å². The Morgan fingerprint density at radius 2 is 1.50 bits per heavy atom. The SMILES string of the molecule is COC(=O)[C@H]1CN(C(=O)OC(C)(C)C)CC[C@@H]1c1cc(OCOCC[Si](C)(C)C)cc(OCc2cc(OC)cc(OC)c2)c1. The minimum absolute atomic E-state index is 0.0952. The lowest BCUT2D eigenvalue weighted by Gasteiger charge is -2.38. The van der Waals surface area contributed by atoms with E-state index in [1.807, 2.05) is 51.1 Å². The third-order valence-corrected chi connectivity index (χ3v) is 8.93. The number of hydrogen-bond acceptors (Lipinski definition) is 9. The maximum absolute atomic E-state index is 13.0. The van der Waals surface area contributed by atoms with Crippen LogP contribution >= 0.6 is 0 Å². The van der Waals surface area contributed by atoms with E-state index in [-0.39, 0.29) is 25.9 Å². The number of amides is 1. The average molecular weight is 632 g/mol. The number of carbonyl (C=O) groups excluding carboxylic acids is 2. The zero-order chi connectivity index (χ0) is 32.5. The Morgan fingerprint density at radius 1 is 0.886 bits per heavy atom. The van der Waals surface area contributed by atoms with Gasteiger partial charge in [0.15, 0.2) is 6.79 Å². The summed E-state index contributed by atoms with van der Waals surface area (Å²) in [6.45, 7) is 13.9. The summed E-state index contributed by atoms with van der Waals surface area (Å²) in [6.07, 6.45) is 0.0805. The first kappa shape index (κ1) is 35.0. The lowest BCUT2D eigenvalue weighted by molar-refractivity contribution is -0.148. The maximum atomic E-state index is 13.0. The number of hydrogen-bond donors (Lipinski definition) is 0. The predicted molar refractivity (Wildman–Crippen MR) is 171 cm³/mol. The van der Waals surface area contributed by atoms with E-state index >= 15 is 0 Å². The fourth-order valence-electron chi connectivity index (χ4n) is 4.87. The van der Waals surface area contributed by atoms with Gasteiger partial charge in [0.05, 0.1) is 27.2 Å². The van der Waals surface area contributed by atoms with E-state index in [2.05, 4.69) is 19.6 Å². The zero-order valence-corrected chi connectivity index (χ0v) is 28.7. The number of ether oxygens (including phenoxy) is 7. The molecule has 1 aliphatic rings. The van der Waals surface area contributed by atoms with Crippen molar-refractivity contribution in [1.29, 1.82) is 0 Å². The van der Waals surface area contributed by atoms with Crippen molar-refractivity contribution < 1.29 is 42.7 Å². The first-order valence-electron chi connectivity index (χ1n) is 15.0. The number of carbonyl (C=O) groups is 2. The fourth-order valence-corrected chi connectivity index (χ4v) is 5.63. The van der Waals surface area contributed by atoms with E-state index in [1.54, 1.807) is 25.2 Å². The van der Waals surface area contributed by atoms with E-state index in [0.29, 0.717) is 42.6 Å². The maximum Gasteiger partial charge on any atom is 0.410 e. The molecule has 0 N–H and O–H groups in total. The van der Waals surface area contributed by atoms with Gasteiger partial charge in [0.2, 0.25) is 0 Å². The number of nitrogens with zero attached hydrogens (tertiary/aromatic N) is 1. The molecule has 1 saturated heterocycles. The van der Waals surface area contributed by atoms with Gasteiger partial charge in [0, 0.05) is 45.8 Å². The summed E-state index contributed by atoms with van der Waals surface area (Å²) in [5.41, 5.74) is 1.07. The highest BCUT2D eigenvalue weighted by Crippen LogP contribution is 2.38. The molecule has 11 heteroatoms. The zero-order valence-electron chi connectivity index (χ0n) is 27.7. The summed E-state index contributed by atoms with van der Waals surface area (Å²) in [4.78, 5) is 27.4. The number of esters is 1. The van der Waals surface area contributed by atoms with Gasteiger partial charge in [0.25, 0.3) is 0 Å². The highest BCUT2D eigenvalue weighted by atomic mass is 28.3. The molecule has 1 amide bonds. The second-order valence-corrected chi connectivity index (χ2v) is 18.8. The molecule has 44 heavy (non-hydrogen) atoms. The molecule has 0 aromatic heterocycles. The Hall–Kier alpha value is -3.44. The third-order valence-electron chi connectivity index (χ3n) is 7.22. The molecule has 1 heterocycles. The van der Waals surface area contributed by atoms with Gasteiger partial charge in [-0.25, -0.2) is 4.79 Å². The van der Waals surface area contributed by atoms with Crippen molar-refractivity contribution in [3.63, 3.8) is 0 Å². The summed E-state index contributed by atoms with van der Waals surface area (Å²) in [5, 5.41) is 0. The van der Waals surface area contributed by atoms with E-state index in [9.17, 15) is 9.59 Å². The largest absolute Gasteiger partial charge is 0.497 e. The van der Waals surface area contributed by atoms with Gasteiger partial charge in [-0.3, -0.25) is 4.79 Å². The summed E-state index contributed by atoms with van der Waals surface area (Å²) >= 11 is 0. The molecule has 1 fully saturated rings. The van der Waals surface area contributed by atoms with Crippen molar-refractivity contribution in [3.8, 4) is 23.0 Å². The van der Waals surface area contributed by atoms with Crippen molar-refractivity contribution in [2.75, 3.05) is 47.8 Å². The Labute approximate surface area is 262 Å². The molecule has 0 unspecified atom stereocenters. The van der Waals surface area contributed by atoms with Crippen LogP contribution in [-0.2, 0) is 25.6 Å². The first-order chi connectivity index (χ1) is 20.7. The van der Waals surface area contributed by atoms with Crippen molar-refractivity contribution in [3.05, 3.63) is 47.5 Å². The van der Waals surface area contributed by atoms with Crippen LogP contribution in [0.15, 0.2) is 36.4 Å². The fraction of sp³-hybridized carbons (Fsp3) is 0.576. The summed E-state index contributed by atoms with van der Waals surface area (Å²) < 4.78 is 39.6. The average Bonchev–Trinajstić information content (AvgIpc) is 2.97. The summed E-state index contributed by atoms with van der Waals surface area (Å²) in [7, 11) is 3.33. The van der Waals surface area contributed by atoms with Gasteiger partial charge in [-0.05, 0) is 68.6 Å². The van der Waals surface area contributed by atoms with E-state index in [1.165, 1.54) is 7.11 Å². The molecular formula is C33H49NO9Si. The quantitative estimate of drug-likeness (QED) is 0.106. The monoisotopic (exact) mass is 631 g/mol. The highest BCUT2D eigenvalue weighted by Gasteiger charge is 2.39. The van der Waals surface area contributed by atoms with Crippen LogP contribution in [0.4, 0.5) is 4.79 Å². The van der Waals surface area contributed by atoms with Crippen LogP contribution in [0.1, 0.15) is 44.2 Å². The second kappa shape index (κ2) is 15.5. The molecule has 2 aromatic rings. The number of piperidine rings is 1. The molecule has 0 aliphatic carbocycles. The van der Waals surface area contributed by atoms with Gasteiger partial charge in [-0.2, -0.15) is 0 Å². The van der Waals surface area contributed by atoms with Gasteiger partial charge in [-0.15, -0.1) is 0 Å². The lowest BCUT2D eigenvalue weighted by Crippen LogP contribution is -2.47. The van der Waals surface area contributed by atoms with Crippen LogP contribution in [-0.4, -0.2) is 78.5 Å². The molecule has 0 radical (unpaired) electrons. The number of methoxy groups -OCH3 is 3. The standard InChI is InChI=1S/C33H49NO9Si/c1-33(2,3)43-32(36)34-11-10-29(30(20-34)31(35)39-6)24-16-27(19-28(17-24)42-22-40-12-13-44(7,8)9)41-21-23-14-25(37-4)18-26(15-23)38-5/h14-19,29-30H,10-13,20-22H2,1-9H3/t29-,30+/m1/s1. The summed E-state index contributed by atoms with van der Waals surface area (Å²) in [6, 6.07) is 12.2. The van der Waals surface area contributed by atoms with Gasteiger partial charge < -0.3 is 38.1 Å². The molecule has 2 aromatic carbocycles. The van der Waals surface area contributed by atoms with Crippen LogP contribution in [0.3, 0.4) is 0 Å². The van der Waals surface area contributed by atoms with Crippen LogP contribution in [0, 0.1) is 5.92 Å². The molecular weight excluding hydrogens is 582 g/mol. The highest BCUT2D eigenvalue weighted by molar-refractivity contribution is 6.76. The predicted octanol–water partition coefficient (Wildman–Crippen LogP) is 6.49. The smallest absolute Gasteiger partial charge is 0.410 e. The lowest BCUT2D eigenvalue weighted by atomic mass is 9.80. The minimum atomic E-state index is -1.23. The topological polar surface area (TPSA) is 102 Å². The molecule has 10 nitrogen and oxygen atoms in total. The molecule has 0 bridgehead atoms. The van der Waals surface area contributed by atoms with E-state index < -0.39 is 31.7 Å². The van der Waals surface area contributed by atoms with Crippen molar-refractivity contribution in [2.45, 2.75) is 71.0 Å². The molecule has 3 rings (SSSR count). The van der Waals surface area contributed by atoms with Gasteiger partial charge in [-0.1, -0.05) is 19.6 Å².